The lowest BCUT2D eigenvalue weighted by Crippen LogP contribution is -2.33. The minimum absolute atomic E-state index is 0.215. The first-order valence-corrected chi connectivity index (χ1v) is 8.08. The van der Waals surface area contributed by atoms with E-state index in [0.717, 1.165) is 38.8 Å². The number of rotatable bonds is 1. The highest BCUT2D eigenvalue weighted by molar-refractivity contribution is 5.68. The van der Waals surface area contributed by atoms with E-state index in [4.69, 9.17) is 9.47 Å². The molecule has 0 radical (unpaired) electrons. The zero-order chi connectivity index (χ0) is 14.0. The maximum Gasteiger partial charge on any atom is 0.412 e. The number of carbonyl (C=O) groups excluding carboxylic acids is 1. The monoisotopic (exact) mass is 281 g/mol. The smallest absolute Gasteiger partial charge is 0.412 e. The fourth-order valence-electron chi connectivity index (χ4n) is 2.67. The van der Waals surface area contributed by atoms with E-state index in [-0.39, 0.29) is 6.09 Å². The van der Waals surface area contributed by atoms with Crippen LogP contribution in [0.5, 0.6) is 0 Å². The standard InChI is InChI=1S/C16H27NO3/c18-16(17-12-8-9-13-17)20-15-11-7-5-3-1-2-4-6-10-14-19-15/h5,7,15H,1-4,6,8-14H2. The maximum absolute atomic E-state index is 12.0. The fraction of sp³-hybridized carbons (Fsp3) is 0.812. The second-order valence-electron chi connectivity index (χ2n) is 5.64. The number of hydrogen-bond donors (Lipinski definition) is 0. The lowest BCUT2D eigenvalue weighted by molar-refractivity contribution is -0.109. The van der Waals surface area contributed by atoms with Crippen molar-refractivity contribution in [3.8, 4) is 0 Å². The predicted octanol–water partition coefficient (Wildman–Crippen LogP) is 3.86. The van der Waals surface area contributed by atoms with E-state index in [2.05, 4.69) is 12.2 Å². The van der Waals surface area contributed by atoms with Crippen molar-refractivity contribution in [2.24, 2.45) is 0 Å². The summed E-state index contributed by atoms with van der Waals surface area (Å²) in [5.74, 6) is 0. The molecule has 0 aromatic carbocycles. The van der Waals surface area contributed by atoms with Crippen LogP contribution < -0.4 is 0 Å². The van der Waals surface area contributed by atoms with Crippen LogP contribution in [-0.4, -0.2) is 37.0 Å². The van der Waals surface area contributed by atoms with E-state index in [1.165, 1.54) is 25.7 Å². The normalized spacial score (nSPS) is 25.8. The predicted molar refractivity (Wildman–Crippen MR) is 78.5 cm³/mol. The molecule has 0 aromatic heterocycles. The van der Waals surface area contributed by atoms with Crippen molar-refractivity contribution < 1.29 is 14.3 Å². The molecule has 4 nitrogen and oxygen atoms in total. The SMILES string of the molecule is O=C(OC1CC=CCCCCCCCO1)N1CCCC1. The minimum Gasteiger partial charge on any atom is -0.419 e. The fourth-order valence-corrected chi connectivity index (χ4v) is 2.67. The molecule has 1 fully saturated rings. The Bertz CT molecular complexity index is 311. The molecule has 2 rings (SSSR count). The van der Waals surface area contributed by atoms with Crippen LogP contribution in [-0.2, 0) is 9.47 Å². The van der Waals surface area contributed by atoms with Crippen LogP contribution in [0.2, 0.25) is 0 Å². The van der Waals surface area contributed by atoms with E-state index in [9.17, 15) is 4.79 Å². The van der Waals surface area contributed by atoms with E-state index in [1.807, 2.05) is 0 Å². The molecule has 1 saturated heterocycles. The topological polar surface area (TPSA) is 38.8 Å². The lowest BCUT2D eigenvalue weighted by Gasteiger charge is -2.21. The van der Waals surface area contributed by atoms with Crippen LogP contribution in [0.4, 0.5) is 4.79 Å². The number of allylic oxidation sites excluding steroid dienone is 1. The molecule has 0 bridgehead atoms. The third-order valence-electron chi connectivity index (χ3n) is 3.91. The van der Waals surface area contributed by atoms with Crippen LogP contribution in [0.25, 0.3) is 0 Å². The largest absolute Gasteiger partial charge is 0.419 e. The molecule has 0 spiro atoms. The van der Waals surface area contributed by atoms with Gasteiger partial charge in [-0.05, 0) is 32.1 Å². The van der Waals surface area contributed by atoms with Gasteiger partial charge in [0.1, 0.15) is 0 Å². The molecule has 1 unspecified atom stereocenters. The van der Waals surface area contributed by atoms with Gasteiger partial charge in [-0.25, -0.2) is 4.79 Å². The average molecular weight is 281 g/mol. The lowest BCUT2D eigenvalue weighted by atomic mass is 10.1. The molecule has 1 amide bonds. The zero-order valence-electron chi connectivity index (χ0n) is 12.4. The van der Waals surface area contributed by atoms with Gasteiger partial charge >= 0.3 is 6.09 Å². The Morgan fingerprint density at radius 2 is 1.75 bits per heavy atom. The Morgan fingerprint density at radius 1 is 1.00 bits per heavy atom. The van der Waals surface area contributed by atoms with Gasteiger partial charge in [0.15, 0.2) is 0 Å². The summed E-state index contributed by atoms with van der Waals surface area (Å²) in [4.78, 5) is 13.8. The molecular formula is C16H27NO3. The third-order valence-corrected chi connectivity index (χ3v) is 3.91. The van der Waals surface area contributed by atoms with E-state index >= 15 is 0 Å². The summed E-state index contributed by atoms with van der Waals surface area (Å²) >= 11 is 0. The van der Waals surface area contributed by atoms with E-state index in [1.54, 1.807) is 4.90 Å². The van der Waals surface area contributed by atoms with Crippen LogP contribution in [0.1, 0.15) is 57.8 Å². The second kappa shape index (κ2) is 9.01. The van der Waals surface area contributed by atoms with Gasteiger partial charge in [-0.1, -0.05) is 31.4 Å². The number of likely N-dealkylation sites (tertiary alicyclic amines) is 1. The highest BCUT2D eigenvalue weighted by Crippen LogP contribution is 2.14. The number of carbonyl (C=O) groups is 1. The molecule has 4 heteroatoms. The van der Waals surface area contributed by atoms with Gasteiger partial charge in [0.2, 0.25) is 6.29 Å². The number of hydrogen-bond acceptors (Lipinski definition) is 3. The summed E-state index contributed by atoms with van der Waals surface area (Å²) in [6.07, 6.45) is 13.7. The van der Waals surface area contributed by atoms with Gasteiger partial charge in [0.05, 0.1) is 6.61 Å². The van der Waals surface area contributed by atoms with Crippen molar-refractivity contribution >= 4 is 6.09 Å². The number of ether oxygens (including phenoxy) is 2. The first kappa shape index (κ1) is 15.4. The van der Waals surface area contributed by atoms with Crippen LogP contribution in [0.3, 0.4) is 0 Å². The number of amides is 1. The van der Waals surface area contributed by atoms with Crippen molar-refractivity contribution in [2.45, 2.75) is 64.1 Å². The molecular weight excluding hydrogens is 254 g/mol. The summed E-state index contributed by atoms with van der Waals surface area (Å²) in [7, 11) is 0. The average Bonchev–Trinajstić information content (AvgIpc) is 2.96. The van der Waals surface area contributed by atoms with Gasteiger partial charge in [-0.15, -0.1) is 0 Å². The van der Waals surface area contributed by atoms with Crippen molar-refractivity contribution in [2.75, 3.05) is 19.7 Å². The van der Waals surface area contributed by atoms with Crippen molar-refractivity contribution in [1.82, 2.24) is 4.90 Å². The van der Waals surface area contributed by atoms with Gasteiger partial charge in [-0.3, -0.25) is 0 Å². The molecule has 0 aromatic rings. The Morgan fingerprint density at radius 3 is 2.60 bits per heavy atom. The highest BCUT2D eigenvalue weighted by Gasteiger charge is 2.22. The molecule has 2 aliphatic rings. The van der Waals surface area contributed by atoms with Crippen LogP contribution in [0.15, 0.2) is 12.2 Å². The molecule has 0 saturated carbocycles. The summed E-state index contributed by atoms with van der Waals surface area (Å²) < 4.78 is 11.2. The summed E-state index contributed by atoms with van der Waals surface area (Å²) in [6, 6.07) is 0. The molecule has 1 atom stereocenters. The maximum atomic E-state index is 12.0. The summed E-state index contributed by atoms with van der Waals surface area (Å²) in [5, 5.41) is 0. The molecule has 114 valence electrons. The first-order valence-electron chi connectivity index (χ1n) is 8.08. The molecule has 0 N–H and O–H groups in total. The zero-order valence-corrected chi connectivity index (χ0v) is 12.4. The van der Waals surface area contributed by atoms with Gasteiger partial charge in [0.25, 0.3) is 0 Å². The van der Waals surface area contributed by atoms with E-state index in [0.29, 0.717) is 13.0 Å². The number of nitrogens with zero attached hydrogens (tertiary/aromatic N) is 1. The Balaban J connectivity index is 1.80. The quantitative estimate of drug-likeness (QED) is 0.685. The van der Waals surface area contributed by atoms with Crippen LogP contribution >= 0.6 is 0 Å². The van der Waals surface area contributed by atoms with Gasteiger partial charge in [-0.2, -0.15) is 0 Å². The third kappa shape index (κ3) is 5.53. The van der Waals surface area contributed by atoms with Crippen LogP contribution in [0, 0.1) is 0 Å². The summed E-state index contributed by atoms with van der Waals surface area (Å²) in [6.45, 7) is 2.33. The Kier molecular flexibility index (Phi) is 6.92. The summed E-state index contributed by atoms with van der Waals surface area (Å²) in [5.41, 5.74) is 0. The van der Waals surface area contributed by atoms with Gasteiger partial charge < -0.3 is 14.4 Å². The molecule has 2 heterocycles. The Labute approximate surface area is 122 Å². The Hall–Kier alpha value is -1.03. The van der Waals surface area contributed by atoms with Gasteiger partial charge in [0, 0.05) is 19.5 Å². The first-order chi connectivity index (χ1) is 9.86. The minimum atomic E-state index is -0.418. The second-order valence-corrected chi connectivity index (χ2v) is 5.64. The van der Waals surface area contributed by atoms with Crippen molar-refractivity contribution in [1.29, 1.82) is 0 Å². The van der Waals surface area contributed by atoms with Crippen molar-refractivity contribution in [3.63, 3.8) is 0 Å². The molecule has 0 aliphatic carbocycles. The van der Waals surface area contributed by atoms with Crippen molar-refractivity contribution in [3.05, 3.63) is 12.2 Å². The highest BCUT2D eigenvalue weighted by atomic mass is 16.7. The molecule has 2 aliphatic heterocycles. The molecule has 20 heavy (non-hydrogen) atoms. The van der Waals surface area contributed by atoms with E-state index < -0.39 is 6.29 Å².